The molecule has 2 rings (SSSR count). The van der Waals surface area contributed by atoms with Gasteiger partial charge in [-0.05, 0) is 12.8 Å². The quantitative estimate of drug-likeness (QED) is 0.857. The van der Waals surface area contributed by atoms with Crippen molar-refractivity contribution in [3.63, 3.8) is 0 Å². The Hall–Kier alpha value is -1.43. The maximum Gasteiger partial charge on any atom is 0.330 e. The Kier molecular flexibility index (Phi) is 4.19. The lowest BCUT2D eigenvalue weighted by Crippen LogP contribution is -2.31. The van der Waals surface area contributed by atoms with E-state index < -0.39 is 0 Å². The summed E-state index contributed by atoms with van der Waals surface area (Å²) in [5, 5.41) is 0. The second-order valence-corrected chi connectivity index (χ2v) is 5.01. The van der Waals surface area contributed by atoms with Gasteiger partial charge >= 0.3 is 5.69 Å². The van der Waals surface area contributed by atoms with Crippen molar-refractivity contribution >= 4 is 23.4 Å². The van der Waals surface area contributed by atoms with E-state index in [1.165, 1.54) is 0 Å². The molecule has 0 aliphatic carbocycles. The van der Waals surface area contributed by atoms with Crippen LogP contribution in [0.15, 0.2) is 4.79 Å². The average Bonchev–Trinajstić information content (AvgIpc) is 2.84. The number of hydrogen-bond donors (Lipinski definition) is 1. The van der Waals surface area contributed by atoms with Gasteiger partial charge in [-0.15, -0.1) is 0 Å². The van der Waals surface area contributed by atoms with Crippen LogP contribution in [0.1, 0.15) is 39.4 Å². The van der Waals surface area contributed by atoms with Crippen LogP contribution in [0.3, 0.4) is 0 Å². The fourth-order valence-electron chi connectivity index (χ4n) is 2.23. The third kappa shape index (κ3) is 2.36. The van der Waals surface area contributed by atoms with E-state index in [2.05, 4.69) is 16.9 Å². The topological polar surface area (TPSA) is 55.6 Å². The van der Waals surface area contributed by atoms with Crippen molar-refractivity contribution in [2.75, 3.05) is 0 Å². The van der Waals surface area contributed by atoms with Crippen molar-refractivity contribution in [1.82, 2.24) is 19.1 Å². The highest BCUT2D eigenvalue weighted by molar-refractivity contribution is 7.71. The number of hydrogen-bond acceptors (Lipinski definition) is 3. The van der Waals surface area contributed by atoms with E-state index in [9.17, 15) is 4.79 Å². The molecule has 104 valence electrons. The molecule has 6 heteroatoms. The molecule has 5 nitrogen and oxygen atoms in total. The van der Waals surface area contributed by atoms with Gasteiger partial charge in [-0.2, -0.15) is 0 Å². The van der Waals surface area contributed by atoms with Crippen LogP contribution >= 0.6 is 12.2 Å². The van der Waals surface area contributed by atoms with Crippen molar-refractivity contribution < 1.29 is 0 Å². The molecular formula is C13H20N4OS. The Balaban J connectivity index is 2.84. The van der Waals surface area contributed by atoms with Gasteiger partial charge in [0.05, 0.1) is 0 Å². The molecule has 0 bridgehead atoms. The first-order valence-corrected chi connectivity index (χ1v) is 7.27. The molecule has 2 heterocycles. The van der Waals surface area contributed by atoms with Crippen LogP contribution in [-0.4, -0.2) is 19.1 Å². The fourth-order valence-corrected chi connectivity index (χ4v) is 2.54. The molecule has 0 spiro atoms. The molecule has 0 amide bonds. The summed E-state index contributed by atoms with van der Waals surface area (Å²) in [7, 11) is 0. The summed E-state index contributed by atoms with van der Waals surface area (Å²) in [6, 6.07) is 0. The molecule has 0 aliphatic heterocycles. The standard InChI is InChI=1S/C13H20N4OS/c1-4-7-16-11-10(14-9(6-3)15-11)12(19)17(8-5-2)13(16)18/h4-8H2,1-3H3,(H,14,15). The minimum Gasteiger partial charge on any atom is -0.338 e. The van der Waals surface area contributed by atoms with Crippen molar-refractivity contribution in [1.29, 1.82) is 0 Å². The van der Waals surface area contributed by atoms with Crippen LogP contribution < -0.4 is 5.69 Å². The van der Waals surface area contributed by atoms with Gasteiger partial charge in [0.15, 0.2) is 5.65 Å². The summed E-state index contributed by atoms with van der Waals surface area (Å²) in [6.45, 7) is 7.45. The molecule has 0 saturated carbocycles. The number of aryl methyl sites for hydroxylation is 2. The zero-order valence-corrected chi connectivity index (χ0v) is 12.5. The number of aromatic nitrogens is 4. The van der Waals surface area contributed by atoms with Gasteiger partial charge in [0, 0.05) is 19.5 Å². The zero-order chi connectivity index (χ0) is 14.0. The van der Waals surface area contributed by atoms with Gasteiger partial charge in [0.1, 0.15) is 16.0 Å². The van der Waals surface area contributed by atoms with E-state index in [0.29, 0.717) is 23.4 Å². The molecule has 0 aromatic carbocycles. The second kappa shape index (κ2) is 5.69. The van der Waals surface area contributed by atoms with Gasteiger partial charge in [0.2, 0.25) is 0 Å². The molecule has 19 heavy (non-hydrogen) atoms. The number of nitrogens with zero attached hydrogens (tertiary/aromatic N) is 3. The first kappa shape index (κ1) is 14.0. The van der Waals surface area contributed by atoms with Crippen LogP contribution in [0.25, 0.3) is 11.2 Å². The van der Waals surface area contributed by atoms with E-state index in [4.69, 9.17) is 12.2 Å². The van der Waals surface area contributed by atoms with Gasteiger partial charge in [-0.1, -0.05) is 33.0 Å². The van der Waals surface area contributed by atoms with Crippen LogP contribution in [0, 0.1) is 4.64 Å². The van der Waals surface area contributed by atoms with E-state index in [1.807, 2.05) is 13.8 Å². The van der Waals surface area contributed by atoms with Gasteiger partial charge in [-0.3, -0.25) is 9.13 Å². The maximum atomic E-state index is 12.5. The van der Waals surface area contributed by atoms with Gasteiger partial charge < -0.3 is 4.98 Å². The normalized spacial score (nSPS) is 11.3. The summed E-state index contributed by atoms with van der Waals surface area (Å²) >= 11 is 5.43. The largest absolute Gasteiger partial charge is 0.338 e. The monoisotopic (exact) mass is 280 g/mol. The highest BCUT2D eigenvalue weighted by Gasteiger charge is 2.13. The first-order valence-electron chi connectivity index (χ1n) is 6.86. The Morgan fingerprint density at radius 2 is 1.79 bits per heavy atom. The third-order valence-electron chi connectivity index (χ3n) is 3.14. The van der Waals surface area contributed by atoms with E-state index >= 15 is 0 Å². The summed E-state index contributed by atoms with van der Waals surface area (Å²) in [6.07, 6.45) is 2.58. The number of fused-ring (bicyclic) bond motifs is 1. The molecule has 2 aromatic rings. The molecule has 0 radical (unpaired) electrons. The molecule has 1 N–H and O–H groups in total. The van der Waals surface area contributed by atoms with Crippen LogP contribution in [0.5, 0.6) is 0 Å². The maximum absolute atomic E-state index is 12.5. The summed E-state index contributed by atoms with van der Waals surface area (Å²) < 4.78 is 3.97. The van der Waals surface area contributed by atoms with Crippen molar-refractivity contribution in [2.45, 2.75) is 53.1 Å². The lowest BCUT2D eigenvalue weighted by molar-refractivity contribution is 0.563. The van der Waals surface area contributed by atoms with E-state index in [0.717, 1.165) is 30.6 Å². The molecule has 0 saturated heterocycles. The minimum absolute atomic E-state index is 0.0460. The lowest BCUT2D eigenvalue weighted by Gasteiger charge is -2.10. The summed E-state index contributed by atoms with van der Waals surface area (Å²) in [5.41, 5.74) is 1.46. The fraction of sp³-hybridized carbons (Fsp3) is 0.615. The van der Waals surface area contributed by atoms with Crippen molar-refractivity contribution in [3.8, 4) is 0 Å². The Labute approximate surface area is 117 Å². The van der Waals surface area contributed by atoms with Crippen molar-refractivity contribution in [2.24, 2.45) is 0 Å². The Bertz CT molecular complexity index is 695. The minimum atomic E-state index is -0.0460. The van der Waals surface area contributed by atoms with Crippen LogP contribution in [0.2, 0.25) is 0 Å². The number of nitrogens with one attached hydrogen (secondary N) is 1. The highest BCUT2D eigenvalue weighted by Crippen LogP contribution is 2.12. The van der Waals surface area contributed by atoms with E-state index in [-0.39, 0.29) is 5.69 Å². The summed E-state index contributed by atoms with van der Waals surface area (Å²) in [5.74, 6) is 0.875. The first-order chi connectivity index (χ1) is 9.13. The molecule has 2 aromatic heterocycles. The predicted molar refractivity (Wildman–Crippen MR) is 79.1 cm³/mol. The number of H-pyrrole nitrogens is 1. The molecule has 0 aliphatic rings. The SMILES string of the molecule is CCCn1c(=S)c2[nH]c(CC)nc2n(CCC)c1=O. The van der Waals surface area contributed by atoms with Crippen LogP contribution in [0.4, 0.5) is 0 Å². The lowest BCUT2D eigenvalue weighted by atomic mass is 10.4. The molecule has 0 atom stereocenters. The number of imidazole rings is 1. The molecular weight excluding hydrogens is 260 g/mol. The Morgan fingerprint density at radius 3 is 2.37 bits per heavy atom. The van der Waals surface area contributed by atoms with Crippen molar-refractivity contribution in [3.05, 3.63) is 20.9 Å². The van der Waals surface area contributed by atoms with E-state index in [1.54, 1.807) is 9.13 Å². The van der Waals surface area contributed by atoms with Gasteiger partial charge in [-0.25, -0.2) is 9.78 Å². The molecule has 0 unspecified atom stereocenters. The third-order valence-corrected chi connectivity index (χ3v) is 3.56. The predicted octanol–water partition coefficient (Wildman–Crippen LogP) is 2.64. The Morgan fingerprint density at radius 1 is 1.16 bits per heavy atom. The smallest absolute Gasteiger partial charge is 0.330 e. The number of aromatic amines is 1. The highest BCUT2D eigenvalue weighted by atomic mass is 32.1. The summed E-state index contributed by atoms with van der Waals surface area (Å²) in [4.78, 5) is 20.2. The second-order valence-electron chi connectivity index (χ2n) is 4.63. The zero-order valence-electron chi connectivity index (χ0n) is 11.7. The average molecular weight is 280 g/mol. The molecule has 0 fully saturated rings. The number of rotatable bonds is 5. The van der Waals surface area contributed by atoms with Crippen LogP contribution in [-0.2, 0) is 19.5 Å². The van der Waals surface area contributed by atoms with Gasteiger partial charge in [0.25, 0.3) is 0 Å².